The van der Waals surface area contributed by atoms with Crippen LogP contribution in [0.15, 0.2) is 12.1 Å². The van der Waals surface area contributed by atoms with Crippen molar-refractivity contribution in [2.24, 2.45) is 11.7 Å². The van der Waals surface area contributed by atoms with E-state index in [1.165, 1.54) is 18.4 Å². The molecule has 3 N–H and O–H groups in total. The third-order valence-corrected chi connectivity index (χ3v) is 3.68. The molecule has 2 heteroatoms. The Morgan fingerprint density at radius 3 is 2.35 bits per heavy atom. The highest BCUT2D eigenvalue weighted by atomic mass is 16.3. The Hall–Kier alpha value is -1.02. The van der Waals surface area contributed by atoms with Crippen LogP contribution in [0, 0.1) is 12.8 Å². The molecule has 0 radical (unpaired) electrons. The second-order valence-corrected chi connectivity index (χ2v) is 6.34. The fourth-order valence-corrected chi connectivity index (χ4v) is 2.20. The largest absolute Gasteiger partial charge is 0.507 e. The molecule has 2 rings (SSSR count). The Bertz CT molecular complexity index is 427. The molecular formula is C15H23NO. The quantitative estimate of drug-likeness (QED) is 0.822. The van der Waals surface area contributed by atoms with Crippen molar-refractivity contribution in [1.29, 1.82) is 0 Å². The van der Waals surface area contributed by atoms with Crippen molar-refractivity contribution in [1.82, 2.24) is 0 Å². The van der Waals surface area contributed by atoms with Crippen molar-refractivity contribution >= 4 is 0 Å². The second-order valence-electron chi connectivity index (χ2n) is 6.34. The number of rotatable bonds is 2. The molecule has 0 aromatic heterocycles. The topological polar surface area (TPSA) is 46.2 Å². The normalized spacial score (nSPS) is 18.2. The fraction of sp³-hybridized carbons (Fsp3) is 0.600. The number of hydrogen-bond donors (Lipinski definition) is 2. The zero-order chi connectivity index (χ0) is 12.8. The monoisotopic (exact) mass is 233 g/mol. The van der Waals surface area contributed by atoms with E-state index in [9.17, 15) is 5.11 Å². The van der Waals surface area contributed by atoms with Gasteiger partial charge in [0.25, 0.3) is 0 Å². The van der Waals surface area contributed by atoms with Gasteiger partial charge in [-0.15, -0.1) is 0 Å². The highest BCUT2D eigenvalue weighted by Gasteiger charge is 2.32. The number of phenolic OH excluding ortho intramolecular Hbond substituents is 1. The van der Waals surface area contributed by atoms with Crippen LogP contribution in [0.4, 0.5) is 0 Å². The van der Waals surface area contributed by atoms with Gasteiger partial charge >= 0.3 is 0 Å². The minimum absolute atomic E-state index is 0.00370. The highest BCUT2D eigenvalue weighted by Crippen LogP contribution is 2.43. The Morgan fingerprint density at radius 2 is 1.88 bits per heavy atom. The van der Waals surface area contributed by atoms with Crippen LogP contribution in [0.1, 0.15) is 56.3 Å². The summed E-state index contributed by atoms with van der Waals surface area (Å²) < 4.78 is 0. The maximum atomic E-state index is 10.2. The van der Waals surface area contributed by atoms with Gasteiger partial charge in [0.1, 0.15) is 5.75 Å². The molecule has 1 aliphatic carbocycles. The molecular weight excluding hydrogens is 210 g/mol. The summed E-state index contributed by atoms with van der Waals surface area (Å²) in [4.78, 5) is 0. The molecule has 1 aromatic carbocycles. The van der Waals surface area contributed by atoms with Crippen molar-refractivity contribution in [3.8, 4) is 5.75 Å². The summed E-state index contributed by atoms with van der Waals surface area (Å²) in [6.07, 6.45) is 2.39. The van der Waals surface area contributed by atoms with Crippen molar-refractivity contribution in [3.63, 3.8) is 0 Å². The predicted molar refractivity (Wildman–Crippen MR) is 71.2 cm³/mol. The molecule has 1 atom stereocenters. The number of aromatic hydroxyl groups is 1. The maximum Gasteiger partial charge on any atom is 0.123 e. The van der Waals surface area contributed by atoms with E-state index in [0.29, 0.717) is 11.7 Å². The summed E-state index contributed by atoms with van der Waals surface area (Å²) in [6, 6.07) is 4.15. The number of aryl methyl sites for hydroxylation is 1. The maximum absolute atomic E-state index is 10.2. The van der Waals surface area contributed by atoms with Crippen molar-refractivity contribution in [2.45, 2.75) is 52.0 Å². The number of hydrogen-bond acceptors (Lipinski definition) is 2. The summed E-state index contributed by atoms with van der Waals surface area (Å²) in [5.74, 6) is 0.952. The first-order chi connectivity index (χ1) is 7.80. The number of nitrogens with two attached hydrogens (primary N) is 1. The number of phenols is 1. The van der Waals surface area contributed by atoms with E-state index in [1.807, 2.05) is 6.92 Å². The lowest BCUT2D eigenvalue weighted by molar-refractivity contribution is 0.450. The van der Waals surface area contributed by atoms with E-state index in [2.05, 4.69) is 32.9 Å². The Morgan fingerprint density at radius 1 is 1.29 bits per heavy atom. The van der Waals surface area contributed by atoms with Crippen LogP contribution in [0.25, 0.3) is 0 Å². The van der Waals surface area contributed by atoms with E-state index in [0.717, 1.165) is 11.1 Å². The first-order valence-electron chi connectivity index (χ1n) is 6.40. The van der Waals surface area contributed by atoms with Gasteiger partial charge in [0, 0.05) is 11.6 Å². The molecule has 0 amide bonds. The Balaban J connectivity index is 2.46. The zero-order valence-corrected chi connectivity index (χ0v) is 11.2. The lowest BCUT2D eigenvalue weighted by atomic mass is 9.83. The smallest absolute Gasteiger partial charge is 0.123 e. The third-order valence-electron chi connectivity index (χ3n) is 3.68. The van der Waals surface area contributed by atoms with Crippen molar-refractivity contribution in [3.05, 3.63) is 28.8 Å². The van der Waals surface area contributed by atoms with Gasteiger partial charge in [-0.25, -0.2) is 0 Å². The fourth-order valence-electron chi connectivity index (χ4n) is 2.20. The summed E-state index contributed by atoms with van der Waals surface area (Å²) in [7, 11) is 0. The van der Waals surface area contributed by atoms with Crippen LogP contribution in [0.3, 0.4) is 0 Å². The first kappa shape index (κ1) is 12.4. The summed E-state index contributed by atoms with van der Waals surface area (Å²) in [6.45, 7) is 8.51. The van der Waals surface area contributed by atoms with E-state index < -0.39 is 0 Å². The summed E-state index contributed by atoms with van der Waals surface area (Å²) in [5, 5.41) is 10.2. The van der Waals surface area contributed by atoms with Crippen LogP contribution in [-0.2, 0) is 5.41 Å². The molecule has 1 unspecified atom stereocenters. The lowest BCUT2D eigenvalue weighted by Crippen LogP contribution is -2.17. The van der Waals surface area contributed by atoms with Gasteiger partial charge in [0.2, 0.25) is 0 Å². The molecule has 0 aliphatic heterocycles. The predicted octanol–water partition coefficient (Wildman–Crippen LogP) is 3.41. The SMILES string of the molecule is Cc1cc(C(C)(C)C)cc(C(N)C2CC2)c1O. The van der Waals surface area contributed by atoms with E-state index in [4.69, 9.17) is 5.73 Å². The van der Waals surface area contributed by atoms with Crippen molar-refractivity contribution < 1.29 is 5.11 Å². The van der Waals surface area contributed by atoms with Gasteiger partial charge in [-0.05, 0) is 48.3 Å². The molecule has 1 aromatic rings. The Kier molecular flexibility index (Phi) is 2.94. The molecule has 0 saturated heterocycles. The van der Waals surface area contributed by atoms with Crippen LogP contribution in [-0.4, -0.2) is 5.11 Å². The van der Waals surface area contributed by atoms with Crippen LogP contribution >= 0.6 is 0 Å². The second kappa shape index (κ2) is 4.02. The van der Waals surface area contributed by atoms with Gasteiger partial charge in [-0.3, -0.25) is 0 Å². The molecule has 0 spiro atoms. The van der Waals surface area contributed by atoms with Crippen molar-refractivity contribution in [2.75, 3.05) is 0 Å². The van der Waals surface area contributed by atoms with Gasteiger partial charge < -0.3 is 10.8 Å². The zero-order valence-electron chi connectivity index (χ0n) is 11.2. The van der Waals surface area contributed by atoms with Crippen LogP contribution < -0.4 is 5.73 Å². The minimum Gasteiger partial charge on any atom is -0.507 e. The molecule has 1 saturated carbocycles. The van der Waals surface area contributed by atoms with Crippen LogP contribution in [0.5, 0.6) is 5.75 Å². The number of benzene rings is 1. The molecule has 94 valence electrons. The van der Waals surface area contributed by atoms with Gasteiger partial charge in [0.05, 0.1) is 0 Å². The molecule has 0 bridgehead atoms. The summed E-state index contributed by atoms with van der Waals surface area (Å²) in [5.41, 5.74) is 9.43. The molecule has 17 heavy (non-hydrogen) atoms. The minimum atomic E-state index is -0.00370. The van der Waals surface area contributed by atoms with Crippen LogP contribution in [0.2, 0.25) is 0 Å². The Labute approximate surface area is 104 Å². The first-order valence-corrected chi connectivity index (χ1v) is 6.40. The summed E-state index contributed by atoms with van der Waals surface area (Å²) >= 11 is 0. The van der Waals surface area contributed by atoms with E-state index in [-0.39, 0.29) is 11.5 Å². The highest BCUT2D eigenvalue weighted by molar-refractivity contribution is 5.46. The average Bonchev–Trinajstić information content (AvgIpc) is 3.02. The molecule has 1 fully saturated rings. The van der Waals surface area contributed by atoms with Gasteiger partial charge in [0.15, 0.2) is 0 Å². The van der Waals surface area contributed by atoms with E-state index >= 15 is 0 Å². The lowest BCUT2D eigenvalue weighted by Gasteiger charge is -2.23. The molecule has 2 nitrogen and oxygen atoms in total. The van der Waals surface area contributed by atoms with E-state index in [1.54, 1.807) is 0 Å². The van der Waals surface area contributed by atoms with Gasteiger partial charge in [-0.1, -0.05) is 26.8 Å². The third kappa shape index (κ3) is 2.47. The average molecular weight is 233 g/mol. The molecule has 1 aliphatic rings. The molecule has 0 heterocycles. The standard InChI is InChI=1S/C15H23NO/c1-9-7-11(15(2,3)4)8-12(14(9)17)13(16)10-5-6-10/h7-8,10,13,17H,5-6,16H2,1-4H3. The van der Waals surface area contributed by atoms with Gasteiger partial charge in [-0.2, -0.15) is 0 Å².